The van der Waals surface area contributed by atoms with Gasteiger partial charge < -0.3 is 5.32 Å². The number of thioether (sulfide) groups is 1. The summed E-state index contributed by atoms with van der Waals surface area (Å²) >= 11 is 1.93. The molecule has 1 amide bonds. The Balaban J connectivity index is 2.37. The van der Waals surface area contributed by atoms with E-state index in [9.17, 15) is 4.79 Å². The van der Waals surface area contributed by atoms with Crippen LogP contribution in [0, 0.1) is 11.8 Å². The lowest BCUT2D eigenvalue weighted by molar-refractivity contribution is -0.122. The van der Waals surface area contributed by atoms with Gasteiger partial charge in [0, 0.05) is 22.8 Å². The summed E-state index contributed by atoms with van der Waals surface area (Å²) in [7, 11) is 0. The van der Waals surface area contributed by atoms with Gasteiger partial charge in [-0.15, -0.1) is 6.58 Å². The van der Waals surface area contributed by atoms with Crippen LogP contribution in [0.25, 0.3) is 0 Å². The molecular weight excluding hydrogens is 182 g/mol. The third-order valence-electron chi connectivity index (χ3n) is 3.36. The van der Waals surface area contributed by atoms with Crippen molar-refractivity contribution in [1.82, 2.24) is 5.32 Å². The number of nitrogens with one attached hydrogen (secondary N) is 1. The molecule has 0 aromatic heterocycles. The summed E-state index contributed by atoms with van der Waals surface area (Å²) in [5, 5.41) is 3.64. The number of carbonyl (C=O) groups excluding carboxylic acids is 1. The minimum absolute atomic E-state index is 0.111. The molecule has 2 fully saturated rings. The second-order valence-corrected chi connectivity index (χ2v) is 5.43. The van der Waals surface area contributed by atoms with Gasteiger partial charge in [0.05, 0.1) is 5.54 Å². The molecule has 4 atom stereocenters. The van der Waals surface area contributed by atoms with Crippen molar-refractivity contribution in [2.75, 3.05) is 5.75 Å². The highest BCUT2D eigenvalue weighted by molar-refractivity contribution is 8.00. The summed E-state index contributed by atoms with van der Waals surface area (Å²) in [5.41, 5.74) is -0.111. The topological polar surface area (TPSA) is 29.1 Å². The van der Waals surface area contributed by atoms with Crippen LogP contribution in [0.3, 0.4) is 0 Å². The van der Waals surface area contributed by atoms with Gasteiger partial charge in [0.1, 0.15) is 0 Å². The van der Waals surface area contributed by atoms with Crippen molar-refractivity contribution in [1.29, 1.82) is 0 Å². The van der Waals surface area contributed by atoms with E-state index in [2.05, 4.69) is 18.8 Å². The van der Waals surface area contributed by atoms with Crippen LogP contribution >= 0.6 is 11.8 Å². The Morgan fingerprint density at radius 3 is 2.92 bits per heavy atom. The maximum absolute atomic E-state index is 11.5. The monoisotopic (exact) mass is 197 g/mol. The molecule has 0 saturated carbocycles. The molecule has 1 N–H and O–H groups in total. The highest BCUT2D eigenvalue weighted by atomic mass is 32.2. The lowest BCUT2D eigenvalue weighted by Gasteiger charge is -2.26. The van der Waals surface area contributed by atoms with Crippen LogP contribution in [-0.2, 0) is 4.79 Å². The SMILES string of the molecule is C=CC12CSC(C)C1C(C)C(=O)N2. The Hall–Kier alpha value is -0.440. The standard InChI is InChI=1S/C10H15NOS/c1-4-10-5-13-7(3)8(10)6(2)9(12)11-10/h4,6-8H,1,5H2,2-3H3,(H,11,12). The average Bonchev–Trinajstić information content (AvgIpc) is 2.54. The molecule has 0 aliphatic carbocycles. The summed E-state index contributed by atoms with van der Waals surface area (Å²) in [4.78, 5) is 11.5. The second kappa shape index (κ2) is 2.77. The van der Waals surface area contributed by atoms with Crippen molar-refractivity contribution in [2.45, 2.75) is 24.6 Å². The predicted molar refractivity (Wildman–Crippen MR) is 55.6 cm³/mol. The van der Waals surface area contributed by atoms with Crippen molar-refractivity contribution in [3.63, 3.8) is 0 Å². The number of amides is 1. The van der Waals surface area contributed by atoms with Crippen LogP contribution in [0.15, 0.2) is 12.7 Å². The van der Waals surface area contributed by atoms with Gasteiger partial charge in [-0.25, -0.2) is 0 Å². The summed E-state index contributed by atoms with van der Waals surface area (Å²) in [6.07, 6.45) is 1.93. The van der Waals surface area contributed by atoms with Gasteiger partial charge in [-0.05, 0) is 0 Å². The molecule has 0 aromatic rings. The Morgan fingerprint density at radius 1 is 1.69 bits per heavy atom. The van der Waals surface area contributed by atoms with Gasteiger partial charge in [-0.1, -0.05) is 19.9 Å². The van der Waals surface area contributed by atoms with Gasteiger partial charge in [0.2, 0.25) is 5.91 Å². The minimum atomic E-state index is -0.111. The third kappa shape index (κ3) is 1.06. The second-order valence-electron chi connectivity index (χ2n) is 4.06. The number of hydrogen-bond acceptors (Lipinski definition) is 2. The highest BCUT2D eigenvalue weighted by Gasteiger charge is 2.55. The molecular formula is C10H15NOS. The van der Waals surface area contributed by atoms with Crippen molar-refractivity contribution >= 4 is 17.7 Å². The summed E-state index contributed by atoms with van der Waals surface area (Å²) in [5.74, 6) is 1.75. The molecule has 3 heteroatoms. The number of hydrogen-bond donors (Lipinski definition) is 1. The van der Waals surface area contributed by atoms with Crippen LogP contribution in [0.1, 0.15) is 13.8 Å². The Bertz CT molecular complexity index is 266. The van der Waals surface area contributed by atoms with E-state index in [1.165, 1.54) is 0 Å². The van der Waals surface area contributed by atoms with E-state index < -0.39 is 0 Å². The van der Waals surface area contributed by atoms with Gasteiger partial charge in [0.15, 0.2) is 0 Å². The molecule has 0 spiro atoms. The third-order valence-corrected chi connectivity index (χ3v) is 4.82. The van der Waals surface area contributed by atoms with E-state index >= 15 is 0 Å². The molecule has 0 bridgehead atoms. The molecule has 2 aliphatic heterocycles. The van der Waals surface area contributed by atoms with Gasteiger partial charge in [0.25, 0.3) is 0 Å². The van der Waals surface area contributed by atoms with Crippen molar-refractivity contribution < 1.29 is 4.79 Å². The lowest BCUT2D eigenvalue weighted by Crippen LogP contribution is -2.44. The minimum Gasteiger partial charge on any atom is -0.346 e. The van der Waals surface area contributed by atoms with Crippen molar-refractivity contribution in [3.8, 4) is 0 Å². The average molecular weight is 197 g/mol. The van der Waals surface area contributed by atoms with Crippen LogP contribution in [0.4, 0.5) is 0 Å². The first-order chi connectivity index (χ1) is 6.10. The van der Waals surface area contributed by atoms with E-state index in [4.69, 9.17) is 0 Å². The molecule has 0 radical (unpaired) electrons. The summed E-state index contributed by atoms with van der Waals surface area (Å²) < 4.78 is 0. The van der Waals surface area contributed by atoms with E-state index in [-0.39, 0.29) is 17.4 Å². The highest BCUT2D eigenvalue weighted by Crippen LogP contribution is 2.48. The van der Waals surface area contributed by atoms with E-state index in [0.29, 0.717) is 11.2 Å². The fourth-order valence-corrected chi connectivity index (χ4v) is 4.22. The Kier molecular flexibility index (Phi) is 1.95. The molecule has 0 aromatic carbocycles. The Morgan fingerprint density at radius 2 is 2.38 bits per heavy atom. The number of carbonyl (C=O) groups is 1. The zero-order chi connectivity index (χ0) is 9.64. The normalized spacial score (nSPS) is 48.8. The van der Waals surface area contributed by atoms with Crippen molar-refractivity contribution in [2.24, 2.45) is 11.8 Å². The van der Waals surface area contributed by atoms with E-state index in [1.54, 1.807) is 0 Å². The number of fused-ring (bicyclic) bond motifs is 1. The maximum Gasteiger partial charge on any atom is 0.223 e. The van der Waals surface area contributed by atoms with Gasteiger partial charge in [-0.3, -0.25) is 4.79 Å². The molecule has 2 nitrogen and oxygen atoms in total. The molecule has 13 heavy (non-hydrogen) atoms. The van der Waals surface area contributed by atoms with Crippen LogP contribution in [-0.4, -0.2) is 22.4 Å². The van der Waals surface area contributed by atoms with Crippen LogP contribution in [0.5, 0.6) is 0 Å². The zero-order valence-electron chi connectivity index (χ0n) is 8.04. The zero-order valence-corrected chi connectivity index (χ0v) is 8.86. The van der Waals surface area contributed by atoms with Crippen LogP contribution < -0.4 is 5.32 Å². The molecule has 2 saturated heterocycles. The summed E-state index contributed by atoms with van der Waals surface area (Å²) in [6.45, 7) is 8.08. The smallest absolute Gasteiger partial charge is 0.223 e. The number of rotatable bonds is 1. The van der Waals surface area contributed by atoms with Crippen molar-refractivity contribution in [3.05, 3.63) is 12.7 Å². The first kappa shape index (κ1) is 9.13. The fraction of sp³-hybridized carbons (Fsp3) is 0.700. The van der Waals surface area contributed by atoms with E-state index in [0.717, 1.165) is 5.75 Å². The predicted octanol–water partition coefficient (Wildman–Crippen LogP) is 1.43. The first-order valence-electron chi connectivity index (χ1n) is 4.68. The molecule has 72 valence electrons. The molecule has 4 unspecified atom stereocenters. The first-order valence-corrected chi connectivity index (χ1v) is 5.73. The molecule has 2 rings (SSSR count). The van der Waals surface area contributed by atoms with Gasteiger partial charge >= 0.3 is 0 Å². The quantitative estimate of drug-likeness (QED) is 0.644. The Labute approximate surface area is 83.2 Å². The lowest BCUT2D eigenvalue weighted by atomic mass is 9.80. The largest absolute Gasteiger partial charge is 0.346 e. The molecule has 2 aliphatic rings. The van der Waals surface area contributed by atoms with E-state index in [1.807, 2.05) is 24.8 Å². The van der Waals surface area contributed by atoms with Crippen LogP contribution in [0.2, 0.25) is 0 Å². The fourth-order valence-electron chi connectivity index (χ4n) is 2.61. The maximum atomic E-state index is 11.5. The van der Waals surface area contributed by atoms with Gasteiger partial charge in [-0.2, -0.15) is 11.8 Å². The summed E-state index contributed by atoms with van der Waals surface area (Å²) in [6, 6.07) is 0. The molecule has 2 heterocycles.